The summed E-state index contributed by atoms with van der Waals surface area (Å²) in [7, 11) is 1.65. The molecule has 30 heavy (non-hydrogen) atoms. The first-order chi connectivity index (χ1) is 14.6. The minimum Gasteiger partial charge on any atom is -0.497 e. The van der Waals surface area contributed by atoms with Crippen LogP contribution in [-0.4, -0.2) is 28.0 Å². The number of aromatic nitrogens is 2. The lowest BCUT2D eigenvalue weighted by Crippen LogP contribution is -2.35. The van der Waals surface area contributed by atoms with E-state index in [1.54, 1.807) is 18.9 Å². The van der Waals surface area contributed by atoms with Crippen LogP contribution >= 0.6 is 11.8 Å². The molecule has 0 saturated carbocycles. The number of nitrogens with one attached hydrogen (secondary N) is 1. The van der Waals surface area contributed by atoms with Gasteiger partial charge in [-0.3, -0.25) is 9.48 Å². The molecular weight excluding hydrogens is 394 g/mol. The van der Waals surface area contributed by atoms with Crippen molar-refractivity contribution in [1.29, 1.82) is 0 Å². The molecule has 0 radical (unpaired) electrons. The predicted molar refractivity (Wildman–Crippen MR) is 120 cm³/mol. The van der Waals surface area contributed by atoms with Crippen LogP contribution in [0.15, 0.2) is 65.7 Å². The first-order valence-electron chi connectivity index (χ1n) is 10.3. The van der Waals surface area contributed by atoms with E-state index >= 15 is 0 Å². The van der Waals surface area contributed by atoms with Crippen molar-refractivity contribution >= 4 is 17.7 Å². The van der Waals surface area contributed by atoms with Gasteiger partial charge in [0.25, 0.3) is 0 Å². The topological polar surface area (TPSA) is 56.1 Å². The van der Waals surface area contributed by atoms with Gasteiger partial charge in [0.1, 0.15) is 5.75 Å². The summed E-state index contributed by atoms with van der Waals surface area (Å²) in [5.74, 6) is 0.878. The maximum absolute atomic E-state index is 12.9. The van der Waals surface area contributed by atoms with Gasteiger partial charge in [0, 0.05) is 16.2 Å². The average Bonchev–Trinajstić information content (AvgIpc) is 3.18. The molecule has 6 heteroatoms. The molecule has 2 unspecified atom stereocenters. The first kappa shape index (κ1) is 20.5. The van der Waals surface area contributed by atoms with Crippen LogP contribution in [0.5, 0.6) is 5.75 Å². The number of fused-ring (bicyclic) bond motifs is 1. The van der Waals surface area contributed by atoms with Gasteiger partial charge in [-0.05, 0) is 56.0 Å². The Morgan fingerprint density at radius 2 is 2.00 bits per heavy atom. The molecule has 0 spiro atoms. The maximum Gasteiger partial charge on any atom is 0.233 e. The maximum atomic E-state index is 12.9. The molecule has 1 aromatic heterocycles. The summed E-state index contributed by atoms with van der Waals surface area (Å²) in [5.41, 5.74) is 3.64. The number of hydrogen-bond donors (Lipinski definition) is 1. The van der Waals surface area contributed by atoms with E-state index in [9.17, 15) is 4.79 Å². The zero-order chi connectivity index (χ0) is 20.9. The molecule has 2 aromatic carbocycles. The third kappa shape index (κ3) is 4.70. The molecule has 1 amide bonds. The number of benzene rings is 2. The highest BCUT2D eigenvalue weighted by molar-refractivity contribution is 8.00. The van der Waals surface area contributed by atoms with E-state index in [2.05, 4.69) is 39.4 Å². The summed E-state index contributed by atoms with van der Waals surface area (Å²) in [5, 5.41) is 7.71. The molecule has 4 rings (SSSR count). The smallest absolute Gasteiger partial charge is 0.233 e. The number of rotatable bonds is 7. The minimum atomic E-state index is -0.178. The van der Waals surface area contributed by atoms with Crippen LogP contribution in [0, 0.1) is 0 Å². The molecule has 1 aliphatic carbocycles. The molecule has 0 bridgehead atoms. The predicted octanol–water partition coefficient (Wildman–Crippen LogP) is 4.61. The number of methoxy groups -OCH3 is 1. The van der Waals surface area contributed by atoms with E-state index in [4.69, 9.17) is 4.74 Å². The summed E-state index contributed by atoms with van der Waals surface area (Å²) < 4.78 is 7.28. The van der Waals surface area contributed by atoms with Crippen molar-refractivity contribution in [1.82, 2.24) is 15.1 Å². The van der Waals surface area contributed by atoms with Crippen LogP contribution in [0.1, 0.15) is 42.6 Å². The minimum absolute atomic E-state index is 0.0321. The lowest BCUT2D eigenvalue weighted by atomic mass is 9.92. The number of carbonyl (C=O) groups is 1. The van der Waals surface area contributed by atoms with Gasteiger partial charge in [0.05, 0.1) is 31.1 Å². The number of carbonyl (C=O) groups excluding carboxylic acids is 1. The molecule has 0 saturated heterocycles. The Hall–Kier alpha value is -2.73. The number of thioether (sulfide) groups is 1. The SMILES string of the molecule is COc1ccc(SC(C)C(=O)NC2CCCc3c2cnn3Cc2ccccc2)cc1. The molecule has 5 nitrogen and oxygen atoms in total. The number of amides is 1. The van der Waals surface area contributed by atoms with Crippen LogP contribution in [-0.2, 0) is 17.8 Å². The molecule has 0 aliphatic heterocycles. The highest BCUT2D eigenvalue weighted by Crippen LogP contribution is 2.31. The number of ether oxygens (including phenoxy) is 1. The second-order valence-corrected chi connectivity index (χ2v) is 8.99. The number of nitrogens with zero attached hydrogens (tertiary/aromatic N) is 2. The molecule has 3 aromatic rings. The first-order valence-corrected chi connectivity index (χ1v) is 11.2. The highest BCUT2D eigenvalue weighted by atomic mass is 32.2. The molecular formula is C24H27N3O2S. The van der Waals surface area contributed by atoms with E-state index in [1.165, 1.54) is 11.3 Å². The summed E-state index contributed by atoms with van der Waals surface area (Å²) >= 11 is 1.56. The Kier molecular flexibility index (Phi) is 6.43. The van der Waals surface area contributed by atoms with Gasteiger partial charge < -0.3 is 10.1 Å². The third-order valence-electron chi connectivity index (χ3n) is 5.50. The fourth-order valence-corrected chi connectivity index (χ4v) is 4.74. The van der Waals surface area contributed by atoms with Gasteiger partial charge in [-0.2, -0.15) is 5.10 Å². The fourth-order valence-electron chi connectivity index (χ4n) is 3.86. The fraction of sp³-hybridized carbons (Fsp3) is 0.333. The van der Waals surface area contributed by atoms with Crippen LogP contribution in [0.2, 0.25) is 0 Å². The summed E-state index contributed by atoms with van der Waals surface area (Å²) in [6.07, 6.45) is 4.95. The summed E-state index contributed by atoms with van der Waals surface area (Å²) in [4.78, 5) is 13.9. The molecule has 156 valence electrons. The Balaban J connectivity index is 1.41. The van der Waals surface area contributed by atoms with Crippen LogP contribution in [0.3, 0.4) is 0 Å². The lowest BCUT2D eigenvalue weighted by molar-refractivity contribution is -0.121. The number of hydrogen-bond acceptors (Lipinski definition) is 4. The zero-order valence-corrected chi connectivity index (χ0v) is 18.2. The van der Waals surface area contributed by atoms with E-state index < -0.39 is 0 Å². The van der Waals surface area contributed by atoms with Gasteiger partial charge in [0.15, 0.2) is 0 Å². The van der Waals surface area contributed by atoms with Gasteiger partial charge in [0.2, 0.25) is 5.91 Å². The second-order valence-electron chi connectivity index (χ2n) is 7.58. The van der Waals surface area contributed by atoms with Gasteiger partial charge in [-0.1, -0.05) is 30.3 Å². The molecule has 0 fully saturated rings. The normalized spacial score (nSPS) is 16.5. The van der Waals surface area contributed by atoms with Crippen molar-refractivity contribution in [2.24, 2.45) is 0 Å². The molecule has 1 aliphatic rings. The van der Waals surface area contributed by atoms with E-state index in [1.807, 2.05) is 43.5 Å². The lowest BCUT2D eigenvalue weighted by Gasteiger charge is -2.25. The van der Waals surface area contributed by atoms with Gasteiger partial charge in [-0.15, -0.1) is 11.8 Å². The van der Waals surface area contributed by atoms with E-state index in [-0.39, 0.29) is 17.2 Å². The largest absolute Gasteiger partial charge is 0.497 e. The Morgan fingerprint density at radius 3 is 2.73 bits per heavy atom. The Morgan fingerprint density at radius 1 is 1.23 bits per heavy atom. The Labute approximate surface area is 181 Å². The van der Waals surface area contributed by atoms with Crippen molar-refractivity contribution in [3.8, 4) is 5.75 Å². The molecule has 1 N–H and O–H groups in total. The monoisotopic (exact) mass is 421 g/mol. The standard InChI is InChI=1S/C24H27N3O2S/c1-17(30-20-13-11-19(29-2)12-14-20)24(28)26-22-9-6-10-23-21(22)15-25-27(23)16-18-7-4-3-5-8-18/h3-5,7-8,11-15,17,22H,6,9-10,16H2,1-2H3,(H,26,28). The van der Waals surface area contributed by atoms with Crippen molar-refractivity contribution in [3.63, 3.8) is 0 Å². The average molecular weight is 422 g/mol. The van der Waals surface area contributed by atoms with Gasteiger partial charge in [-0.25, -0.2) is 0 Å². The van der Waals surface area contributed by atoms with Crippen LogP contribution in [0.4, 0.5) is 0 Å². The van der Waals surface area contributed by atoms with E-state index in [0.717, 1.165) is 42.0 Å². The van der Waals surface area contributed by atoms with Crippen molar-refractivity contribution in [2.75, 3.05) is 7.11 Å². The quantitative estimate of drug-likeness (QED) is 0.566. The van der Waals surface area contributed by atoms with Crippen molar-refractivity contribution in [2.45, 2.75) is 48.9 Å². The Bertz CT molecular complexity index is 985. The van der Waals surface area contributed by atoms with Crippen LogP contribution in [0.25, 0.3) is 0 Å². The zero-order valence-electron chi connectivity index (χ0n) is 17.4. The third-order valence-corrected chi connectivity index (χ3v) is 6.61. The van der Waals surface area contributed by atoms with Gasteiger partial charge >= 0.3 is 0 Å². The van der Waals surface area contributed by atoms with Crippen LogP contribution < -0.4 is 10.1 Å². The highest BCUT2D eigenvalue weighted by Gasteiger charge is 2.27. The second kappa shape index (κ2) is 9.39. The summed E-state index contributed by atoms with van der Waals surface area (Å²) in [6, 6.07) is 18.2. The summed E-state index contributed by atoms with van der Waals surface area (Å²) in [6.45, 7) is 2.72. The molecule has 1 heterocycles. The van der Waals surface area contributed by atoms with Crippen molar-refractivity contribution in [3.05, 3.63) is 77.6 Å². The van der Waals surface area contributed by atoms with E-state index in [0.29, 0.717) is 0 Å². The van der Waals surface area contributed by atoms with Crippen molar-refractivity contribution < 1.29 is 9.53 Å². The molecule has 2 atom stereocenters.